The number of hydrogen-bond donors (Lipinski definition) is 1. The molecule has 2 unspecified atom stereocenters. The van der Waals surface area contributed by atoms with Crippen LogP contribution in [-0.2, 0) is 9.53 Å². The van der Waals surface area contributed by atoms with Crippen LogP contribution in [0.1, 0.15) is 44.0 Å². The summed E-state index contributed by atoms with van der Waals surface area (Å²) in [5, 5.41) is 13.1. The molecule has 1 N–H and O–H groups in total. The van der Waals surface area contributed by atoms with Crippen molar-refractivity contribution in [1.82, 2.24) is 9.78 Å². The van der Waals surface area contributed by atoms with Gasteiger partial charge in [-0.05, 0) is 32.3 Å². The summed E-state index contributed by atoms with van der Waals surface area (Å²) < 4.78 is 7.30. The molecule has 5 nitrogen and oxygen atoms in total. The Morgan fingerprint density at radius 2 is 2.50 bits per heavy atom. The predicted molar refractivity (Wildman–Crippen MR) is 57.1 cm³/mol. The van der Waals surface area contributed by atoms with Crippen molar-refractivity contribution in [2.45, 2.75) is 38.3 Å². The molecule has 0 amide bonds. The number of carbonyl (C=O) groups is 1. The second-order valence-corrected chi connectivity index (χ2v) is 4.10. The van der Waals surface area contributed by atoms with Crippen LogP contribution in [0.2, 0.25) is 0 Å². The van der Waals surface area contributed by atoms with Gasteiger partial charge in [0, 0.05) is 12.8 Å². The summed E-state index contributed by atoms with van der Waals surface area (Å²) in [6.45, 7) is 2.39. The number of aromatic nitrogens is 2. The van der Waals surface area contributed by atoms with Crippen LogP contribution in [0.15, 0.2) is 12.3 Å². The van der Waals surface area contributed by atoms with Gasteiger partial charge in [-0.3, -0.25) is 4.79 Å². The molecule has 2 heterocycles. The quantitative estimate of drug-likeness (QED) is 0.849. The van der Waals surface area contributed by atoms with E-state index in [1.54, 1.807) is 23.9 Å². The van der Waals surface area contributed by atoms with Crippen molar-refractivity contribution in [3.8, 4) is 0 Å². The molecule has 1 aliphatic heterocycles. The molecule has 1 aromatic rings. The van der Waals surface area contributed by atoms with E-state index in [0.29, 0.717) is 5.69 Å². The molecular formula is C11H16N2O3. The van der Waals surface area contributed by atoms with Gasteiger partial charge < -0.3 is 9.84 Å². The first-order valence-electron chi connectivity index (χ1n) is 5.58. The Labute approximate surface area is 94.0 Å². The van der Waals surface area contributed by atoms with E-state index in [4.69, 9.17) is 9.84 Å². The Morgan fingerprint density at radius 3 is 3.12 bits per heavy atom. The van der Waals surface area contributed by atoms with E-state index in [-0.39, 0.29) is 6.23 Å². The van der Waals surface area contributed by atoms with Crippen molar-refractivity contribution in [2.24, 2.45) is 0 Å². The molecule has 1 fully saturated rings. The number of rotatable bonds is 3. The van der Waals surface area contributed by atoms with Gasteiger partial charge in [-0.25, -0.2) is 4.68 Å². The van der Waals surface area contributed by atoms with Crippen LogP contribution in [-0.4, -0.2) is 27.5 Å². The topological polar surface area (TPSA) is 64.3 Å². The third kappa shape index (κ3) is 2.24. The minimum absolute atomic E-state index is 0.0245. The van der Waals surface area contributed by atoms with Crippen molar-refractivity contribution in [2.75, 3.05) is 6.61 Å². The van der Waals surface area contributed by atoms with Gasteiger partial charge in [0.25, 0.3) is 0 Å². The van der Waals surface area contributed by atoms with E-state index in [1.165, 1.54) is 0 Å². The smallest absolute Gasteiger partial charge is 0.312 e. The SMILES string of the molecule is CC(C(=O)O)c1ccn(C2CCCCO2)n1. The lowest BCUT2D eigenvalue weighted by molar-refractivity contribution is -0.138. The fourth-order valence-electron chi connectivity index (χ4n) is 1.80. The van der Waals surface area contributed by atoms with E-state index in [2.05, 4.69) is 5.10 Å². The molecule has 16 heavy (non-hydrogen) atoms. The van der Waals surface area contributed by atoms with E-state index in [0.717, 1.165) is 25.9 Å². The van der Waals surface area contributed by atoms with E-state index >= 15 is 0 Å². The lowest BCUT2D eigenvalue weighted by atomic mass is 10.1. The van der Waals surface area contributed by atoms with E-state index in [1.807, 2.05) is 0 Å². The van der Waals surface area contributed by atoms with Crippen LogP contribution < -0.4 is 0 Å². The van der Waals surface area contributed by atoms with Crippen LogP contribution in [0.25, 0.3) is 0 Å². The minimum Gasteiger partial charge on any atom is -0.481 e. The van der Waals surface area contributed by atoms with Gasteiger partial charge in [0.2, 0.25) is 0 Å². The normalized spacial score (nSPS) is 22.9. The van der Waals surface area contributed by atoms with Crippen molar-refractivity contribution in [1.29, 1.82) is 0 Å². The highest BCUT2D eigenvalue weighted by molar-refractivity contribution is 5.74. The van der Waals surface area contributed by atoms with Gasteiger partial charge in [-0.1, -0.05) is 0 Å². The maximum atomic E-state index is 10.8. The first-order valence-corrected chi connectivity index (χ1v) is 5.58. The summed E-state index contributed by atoms with van der Waals surface area (Å²) in [5.74, 6) is -1.42. The van der Waals surface area contributed by atoms with Crippen molar-refractivity contribution >= 4 is 5.97 Å². The van der Waals surface area contributed by atoms with E-state index in [9.17, 15) is 4.79 Å². The first-order chi connectivity index (χ1) is 7.68. The van der Waals surface area contributed by atoms with Gasteiger partial charge >= 0.3 is 5.97 Å². The molecule has 1 aromatic heterocycles. The molecule has 1 saturated heterocycles. The zero-order valence-corrected chi connectivity index (χ0v) is 9.30. The number of ether oxygens (including phenoxy) is 1. The molecule has 2 rings (SSSR count). The van der Waals surface area contributed by atoms with Crippen LogP contribution in [0, 0.1) is 0 Å². The molecule has 0 radical (unpaired) electrons. The van der Waals surface area contributed by atoms with Crippen LogP contribution in [0.5, 0.6) is 0 Å². The lowest BCUT2D eigenvalue weighted by Crippen LogP contribution is -2.19. The first kappa shape index (κ1) is 11.1. The molecule has 0 aliphatic carbocycles. The Kier molecular flexibility index (Phi) is 3.24. The van der Waals surface area contributed by atoms with Gasteiger partial charge in [-0.2, -0.15) is 5.10 Å². The zero-order chi connectivity index (χ0) is 11.5. The second kappa shape index (κ2) is 4.65. The summed E-state index contributed by atoms with van der Waals surface area (Å²) in [5.41, 5.74) is 0.585. The molecule has 0 saturated carbocycles. The number of nitrogens with zero attached hydrogens (tertiary/aromatic N) is 2. The number of hydrogen-bond acceptors (Lipinski definition) is 3. The highest BCUT2D eigenvalue weighted by Gasteiger charge is 2.20. The highest BCUT2D eigenvalue weighted by Crippen LogP contribution is 2.23. The Balaban J connectivity index is 2.09. The summed E-state index contributed by atoms with van der Waals surface area (Å²) in [6, 6.07) is 1.75. The number of aliphatic carboxylic acids is 1. The summed E-state index contributed by atoms with van der Waals surface area (Å²) in [7, 11) is 0. The Morgan fingerprint density at radius 1 is 1.69 bits per heavy atom. The molecule has 88 valence electrons. The number of carboxylic acid groups (broad SMARTS) is 1. The Bertz CT molecular complexity index is 369. The van der Waals surface area contributed by atoms with Gasteiger partial charge in [0.1, 0.15) is 6.23 Å². The van der Waals surface area contributed by atoms with E-state index < -0.39 is 11.9 Å². The van der Waals surface area contributed by atoms with Crippen LogP contribution in [0.3, 0.4) is 0 Å². The fourth-order valence-corrected chi connectivity index (χ4v) is 1.80. The third-order valence-electron chi connectivity index (χ3n) is 2.89. The lowest BCUT2D eigenvalue weighted by Gasteiger charge is -2.22. The molecule has 5 heteroatoms. The maximum Gasteiger partial charge on any atom is 0.312 e. The average molecular weight is 224 g/mol. The van der Waals surface area contributed by atoms with Gasteiger partial charge in [-0.15, -0.1) is 0 Å². The van der Waals surface area contributed by atoms with Crippen molar-refractivity contribution < 1.29 is 14.6 Å². The minimum atomic E-state index is -0.852. The van der Waals surface area contributed by atoms with Crippen molar-refractivity contribution in [3.05, 3.63) is 18.0 Å². The van der Waals surface area contributed by atoms with Gasteiger partial charge in [0.05, 0.1) is 11.6 Å². The number of carboxylic acids is 1. The molecule has 0 bridgehead atoms. The molecule has 0 spiro atoms. The second-order valence-electron chi connectivity index (χ2n) is 4.10. The largest absolute Gasteiger partial charge is 0.481 e. The molecule has 2 atom stereocenters. The van der Waals surface area contributed by atoms with Gasteiger partial charge in [0.15, 0.2) is 0 Å². The summed E-state index contributed by atoms with van der Waals surface area (Å²) in [4.78, 5) is 10.8. The van der Waals surface area contributed by atoms with Crippen LogP contribution in [0.4, 0.5) is 0 Å². The zero-order valence-electron chi connectivity index (χ0n) is 9.30. The third-order valence-corrected chi connectivity index (χ3v) is 2.89. The molecular weight excluding hydrogens is 208 g/mol. The standard InChI is InChI=1S/C11H16N2O3/c1-8(11(14)15)9-5-6-13(12-9)10-4-2-3-7-16-10/h5-6,8,10H,2-4,7H2,1H3,(H,14,15). The maximum absolute atomic E-state index is 10.8. The predicted octanol–water partition coefficient (Wildman–Crippen LogP) is 1.77. The molecule has 0 aromatic carbocycles. The van der Waals surface area contributed by atoms with Crippen molar-refractivity contribution in [3.63, 3.8) is 0 Å². The summed E-state index contributed by atoms with van der Waals surface area (Å²) in [6.07, 6.45) is 4.95. The summed E-state index contributed by atoms with van der Waals surface area (Å²) >= 11 is 0. The Hall–Kier alpha value is -1.36. The highest BCUT2D eigenvalue weighted by atomic mass is 16.5. The monoisotopic (exact) mass is 224 g/mol. The van der Waals surface area contributed by atoms with Crippen LogP contribution >= 0.6 is 0 Å². The molecule has 1 aliphatic rings. The average Bonchev–Trinajstić information content (AvgIpc) is 2.78. The fraction of sp³-hybridized carbons (Fsp3) is 0.636.